The lowest BCUT2D eigenvalue weighted by Crippen LogP contribution is -1.51. The summed E-state index contributed by atoms with van der Waals surface area (Å²) < 4.78 is 2.46. The van der Waals surface area contributed by atoms with Crippen LogP contribution in [0, 0.1) is 0 Å². The van der Waals surface area contributed by atoms with Gasteiger partial charge in [0.15, 0.2) is 0 Å². The van der Waals surface area contributed by atoms with E-state index in [1.807, 2.05) is 11.6 Å². The van der Waals surface area contributed by atoms with Gasteiger partial charge in [0.05, 0.1) is 14.8 Å². The zero-order valence-corrected chi connectivity index (χ0v) is 7.52. The monoisotopic (exact) mass is 219 g/mol. The zero-order chi connectivity index (χ0) is 6.27. The third-order valence-electron chi connectivity index (χ3n) is 1.00. The van der Waals surface area contributed by atoms with Crippen LogP contribution >= 0.6 is 38.6 Å². The molecule has 2 aromatic heterocycles. The van der Waals surface area contributed by atoms with Crippen LogP contribution in [0.1, 0.15) is 0 Å². The lowest BCUT2D eigenvalue weighted by Gasteiger charge is -1.66. The summed E-state index contributed by atoms with van der Waals surface area (Å²) in [5, 5.41) is 0. The lowest BCUT2D eigenvalue weighted by atomic mass is 10.6. The van der Waals surface area contributed by atoms with Gasteiger partial charge in [-0.25, -0.2) is 4.98 Å². The number of hydrogen-bond donors (Lipinski definition) is 0. The van der Waals surface area contributed by atoms with Crippen molar-refractivity contribution in [1.29, 1.82) is 0 Å². The molecule has 4 heteroatoms. The topological polar surface area (TPSA) is 12.9 Å². The molecule has 0 aromatic carbocycles. The maximum Gasteiger partial charge on any atom is 0.108 e. The number of aromatic nitrogens is 1. The van der Waals surface area contributed by atoms with Crippen molar-refractivity contribution >= 4 is 48.1 Å². The van der Waals surface area contributed by atoms with Crippen molar-refractivity contribution in [3.8, 4) is 0 Å². The van der Waals surface area contributed by atoms with E-state index in [2.05, 4.69) is 20.9 Å². The molecule has 46 valence electrons. The first-order valence-electron chi connectivity index (χ1n) is 2.35. The molecule has 0 fully saturated rings. The van der Waals surface area contributed by atoms with E-state index in [1.165, 1.54) is 4.01 Å². The molecule has 0 aliphatic rings. The van der Waals surface area contributed by atoms with E-state index in [9.17, 15) is 0 Å². The van der Waals surface area contributed by atoms with Gasteiger partial charge in [-0.05, 0) is 22.0 Å². The van der Waals surface area contributed by atoms with E-state index in [1.54, 1.807) is 22.7 Å². The van der Waals surface area contributed by atoms with Crippen LogP contribution in [0.4, 0.5) is 0 Å². The van der Waals surface area contributed by atoms with Crippen LogP contribution in [0.25, 0.3) is 9.53 Å². The Morgan fingerprint density at radius 3 is 3.22 bits per heavy atom. The highest BCUT2D eigenvalue weighted by atomic mass is 79.9. The Hall–Kier alpha value is 0.0700. The molecule has 0 spiro atoms. The molecule has 0 aliphatic carbocycles. The molecule has 0 atom stereocenters. The molecule has 0 amide bonds. The molecule has 0 bridgehead atoms. The van der Waals surface area contributed by atoms with Crippen molar-refractivity contribution in [3.63, 3.8) is 0 Å². The average molecular weight is 220 g/mol. The Labute approximate surface area is 68.5 Å². The van der Waals surface area contributed by atoms with Crippen molar-refractivity contribution in [3.05, 3.63) is 15.4 Å². The fraction of sp³-hybridized carbons (Fsp3) is 0. The molecule has 0 aliphatic heterocycles. The summed E-state index contributed by atoms with van der Waals surface area (Å²) in [5.41, 5.74) is 2.98. The fourth-order valence-corrected chi connectivity index (χ4v) is 3.32. The van der Waals surface area contributed by atoms with Crippen LogP contribution in [0.3, 0.4) is 0 Å². The number of fused-ring (bicyclic) bond motifs is 1. The minimum Gasteiger partial charge on any atom is -0.244 e. The molecule has 0 unspecified atom stereocenters. The van der Waals surface area contributed by atoms with Gasteiger partial charge in [-0.15, -0.1) is 22.7 Å². The molecule has 2 heterocycles. The summed E-state index contributed by atoms with van der Waals surface area (Å²) in [6.45, 7) is 0. The zero-order valence-electron chi connectivity index (χ0n) is 4.30. The number of halogens is 1. The van der Waals surface area contributed by atoms with E-state index in [0.29, 0.717) is 0 Å². The van der Waals surface area contributed by atoms with Crippen LogP contribution in [0.15, 0.2) is 15.4 Å². The Morgan fingerprint density at radius 2 is 2.44 bits per heavy atom. The summed E-state index contributed by atoms with van der Waals surface area (Å²) in [4.78, 5) is 4.14. The van der Waals surface area contributed by atoms with Gasteiger partial charge in [-0.2, -0.15) is 0 Å². The molecular weight excluding hydrogens is 218 g/mol. The maximum absolute atomic E-state index is 4.14. The largest absolute Gasteiger partial charge is 0.244 e. The van der Waals surface area contributed by atoms with E-state index >= 15 is 0 Å². The third kappa shape index (κ3) is 0.911. The average Bonchev–Trinajstić information content (AvgIpc) is 2.22. The normalized spacial score (nSPS) is 10.8. The molecule has 0 N–H and O–H groups in total. The first-order valence-corrected chi connectivity index (χ1v) is 4.84. The summed E-state index contributed by atoms with van der Waals surface area (Å²) in [6, 6.07) is 2.04. The standard InChI is InChI=1S/C5H2BrNS2/c6-4-1-3-5(9-4)8-2-7-3/h1-2H. The van der Waals surface area contributed by atoms with Crippen molar-refractivity contribution in [2.75, 3.05) is 0 Å². The van der Waals surface area contributed by atoms with Gasteiger partial charge in [0.2, 0.25) is 0 Å². The highest BCUT2D eigenvalue weighted by Crippen LogP contribution is 2.31. The maximum atomic E-state index is 4.14. The number of thiophene rings is 1. The van der Waals surface area contributed by atoms with E-state index < -0.39 is 0 Å². The smallest absolute Gasteiger partial charge is 0.108 e. The molecular formula is C5H2BrNS2. The van der Waals surface area contributed by atoms with Crippen molar-refractivity contribution in [2.24, 2.45) is 0 Å². The predicted molar refractivity (Wildman–Crippen MR) is 45.2 cm³/mol. The Morgan fingerprint density at radius 1 is 1.56 bits per heavy atom. The van der Waals surface area contributed by atoms with Gasteiger partial charge in [-0.3, -0.25) is 0 Å². The molecule has 2 rings (SSSR count). The third-order valence-corrected chi connectivity index (χ3v) is 3.60. The van der Waals surface area contributed by atoms with E-state index in [0.717, 1.165) is 9.30 Å². The molecule has 9 heavy (non-hydrogen) atoms. The summed E-state index contributed by atoms with van der Waals surface area (Å²) in [5.74, 6) is 0. The quantitative estimate of drug-likeness (QED) is 0.664. The van der Waals surface area contributed by atoms with Crippen molar-refractivity contribution in [1.82, 2.24) is 4.98 Å². The second-order valence-corrected chi connectivity index (χ2v) is 5.12. The number of rotatable bonds is 0. The van der Waals surface area contributed by atoms with Crippen LogP contribution in [0.2, 0.25) is 0 Å². The van der Waals surface area contributed by atoms with Crippen LogP contribution in [-0.2, 0) is 0 Å². The van der Waals surface area contributed by atoms with Gasteiger partial charge >= 0.3 is 0 Å². The predicted octanol–water partition coefficient (Wildman–Crippen LogP) is 3.12. The van der Waals surface area contributed by atoms with E-state index in [-0.39, 0.29) is 0 Å². The van der Waals surface area contributed by atoms with Gasteiger partial charge in [-0.1, -0.05) is 0 Å². The second kappa shape index (κ2) is 2.04. The van der Waals surface area contributed by atoms with Crippen LogP contribution < -0.4 is 0 Å². The Balaban J connectivity index is 2.92. The summed E-state index contributed by atoms with van der Waals surface area (Å²) >= 11 is 6.81. The van der Waals surface area contributed by atoms with Gasteiger partial charge in [0.1, 0.15) is 4.01 Å². The summed E-state index contributed by atoms with van der Waals surface area (Å²) in [6.07, 6.45) is 0. The minimum absolute atomic E-state index is 1.11. The molecule has 0 saturated heterocycles. The first kappa shape index (κ1) is 5.82. The fourth-order valence-electron chi connectivity index (χ4n) is 0.642. The highest BCUT2D eigenvalue weighted by molar-refractivity contribution is 9.11. The van der Waals surface area contributed by atoms with Crippen LogP contribution in [0.5, 0.6) is 0 Å². The van der Waals surface area contributed by atoms with Crippen molar-refractivity contribution in [2.45, 2.75) is 0 Å². The Kier molecular flexibility index (Phi) is 1.32. The molecule has 0 radical (unpaired) electrons. The number of hydrogen-bond acceptors (Lipinski definition) is 3. The molecule has 1 nitrogen and oxygen atoms in total. The van der Waals surface area contributed by atoms with E-state index in [4.69, 9.17) is 0 Å². The second-order valence-electron chi connectivity index (χ2n) is 1.58. The Bertz CT molecular complexity index is 296. The highest BCUT2D eigenvalue weighted by Gasteiger charge is 1.99. The molecule has 0 saturated carbocycles. The SMILES string of the molecule is Brc1cc2ncsc2s1. The number of nitrogens with zero attached hydrogens (tertiary/aromatic N) is 1. The van der Waals surface area contributed by atoms with Crippen molar-refractivity contribution < 1.29 is 0 Å². The minimum atomic E-state index is 1.11. The molecule has 2 aromatic rings. The number of thiazole rings is 1. The first-order chi connectivity index (χ1) is 4.36. The summed E-state index contributed by atoms with van der Waals surface area (Å²) in [7, 11) is 0. The van der Waals surface area contributed by atoms with Crippen LogP contribution in [-0.4, -0.2) is 4.98 Å². The lowest BCUT2D eigenvalue weighted by molar-refractivity contribution is 1.51. The van der Waals surface area contributed by atoms with Gasteiger partial charge in [0, 0.05) is 0 Å². The van der Waals surface area contributed by atoms with Gasteiger partial charge < -0.3 is 0 Å². The van der Waals surface area contributed by atoms with Gasteiger partial charge in [0.25, 0.3) is 0 Å².